The SMILES string of the molecule is CCOC(CCSc1ccccn1)OCC. The Labute approximate surface area is 102 Å². The quantitative estimate of drug-likeness (QED) is 0.517. The lowest BCUT2D eigenvalue weighted by Gasteiger charge is -2.16. The molecule has 3 nitrogen and oxygen atoms in total. The van der Waals surface area contributed by atoms with Crippen LogP contribution in [0, 0.1) is 0 Å². The van der Waals surface area contributed by atoms with Crippen LogP contribution >= 0.6 is 11.8 Å². The van der Waals surface area contributed by atoms with Crippen molar-refractivity contribution < 1.29 is 9.47 Å². The summed E-state index contributed by atoms with van der Waals surface area (Å²) in [6.45, 7) is 5.35. The zero-order valence-electron chi connectivity index (χ0n) is 9.89. The number of hydrogen-bond donors (Lipinski definition) is 0. The van der Waals surface area contributed by atoms with E-state index in [1.165, 1.54) is 0 Å². The molecule has 4 heteroatoms. The number of aromatic nitrogens is 1. The van der Waals surface area contributed by atoms with Gasteiger partial charge in [0.1, 0.15) is 0 Å². The van der Waals surface area contributed by atoms with Crippen LogP contribution in [0.1, 0.15) is 20.3 Å². The van der Waals surface area contributed by atoms with Crippen molar-refractivity contribution in [2.45, 2.75) is 31.6 Å². The second kappa shape index (κ2) is 8.56. The maximum Gasteiger partial charge on any atom is 0.158 e. The zero-order valence-corrected chi connectivity index (χ0v) is 10.7. The fourth-order valence-corrected chi connectivity index (χ4v) is 2.11. The number of nitrogens with zero attached hydrogens (tertiary/aromatic N) is 1. The van der Waals surface area contributed by atoms with Gasteiger partial charge in [-0.25, -0.2) is 4.98 Å². The van der Waals surface area contributed by atoms with Gasteiger partial charge in [-0.05, 0) is 26.0 Å². The van der Waals surface area contributed by atoms with Crippen LogP contribution in [0.15, 0.2) is 29.4 Å². The molecule has 0 radical (unpaired) electrons. The van der Waals surface area contributed by atoms with Gasteiger partial charge >= 0.3 is 0 Å². The van der Waals surface area contributed by atoms with Crippen LogP contribution in [0.5, 0.6) is 0 Å². The first-order valence-corrected chi connectivity index (χ1v) is 6.62. The highest BCUT2D eigenvalue weighted by atomic mass is 32.2. The van der Waals surface area contributed by atoms with Crippen molar-refractivity contribution >= 4 is 11.8 Å². The third-order valence-corrected chi connectivity index (χ3v) is 2.92. The molecule has 90 valence electrons. The summed E-state index contributed by atoms with van der Waals surface area (Å²) in [6.07, 6.45) is 2.62. The Morgan fingerprint density at radius 2 is 2.00 bits per heavy atom. The van der Waals surface area contributed by atoms with Gasteiger partial charge in [0.25, 0.3) is 0 Å². The van der Waals surface area contributed by atoms with Crippen LogP contribution < -0.4 is 0 Å². The first-order chi connectivity index (χ1) is 7.86. The van der Waals surface area contributed by atoms with Gasteiger partial charge in [-0.1, -0.05) is 6.07 Å². The van der Waals surface area contributed by atoms with Crippen LogP contribution in [-0.2, 0) is 9.47 Å². The monoisotopic (exact) mass is 241 g/mol. The van der Waals surface area contributed by atoms with E-state index in [1.54, 1.807) is 11.8 Å². The first-order valence-electron chi connectivity index (χ1n) is 5.63. The number of hydrogen-bond acceptors (Lipinski definition) is 4. The van der Waals surface area contributed by atoms with E-state index >= 15 is 0 Å². The van der Waals surface area contributed by atoms with E-state index in [-0.39, 0.29) is 6.29 Å². The molecule has 0 fully saturated rings. The van der Waals surface area contributed by atoms with Crippen molar-refractivity contribution in [1.82, 2.24) is 4.98 Å². The van der Waals surface area contributed by atoms with Crippen LogP contribution in [0.25, 0.3) is 0 Å². The fraction of sp³-hybridized carbons (Fsp3) is 0.583. The molecule has 0 aliphatic rings. The highest BCUT2D eigenvalue weighted by Crippen LogP contribution is 2.16. The van der Waals surface area contributed by atoms with Crippen LogP contribution in [-0.4, -0.2) is 30.2 Å². The molecular weight excluding hydrogens is 222 g/mol. The van der Waals surface area contributed by atoms with Crippen molar-refractivity contribution in [3.63, 3.8) is 0 Å². The van der Waals surface area contributed by atoms with Gasteiger partial charge in [0.05, 0.1) is 5.03 Å². The van der Waals surface area contributed by atoms with E-state index in [1.807, 2.05) is 38.2 Å². The number of pyridine rings is 1. The fourth-order valence-electron chi connectivity index (χ4n) is 1.28. The Morgan fingerprint density at radius 1 is 1.25 bits per heavy atom. The van der Waals surface area contributed by atoms with Gasteiger partial charge in [0.15, 0.2) is 6.29 Å². The highest BCUT2D eigenvalue weighted by molar-refractivity contribution is 7.99. The Balaban J connectivity index is 2.22. The summed E-state index contributed by atoms with van der Waals surface area (Å²) in [7, 11) is 0. The topological polar surface area (TPSA) is 31.4 Å². The summed E-state index contributed by atoms with van der Waals surface area (Å²) in [5.74, 6) is 0.960. The molecule has 0 saturated carbocycles. The second-order valence-electron chi connectivity index (χ2n) is 3.15. The van der Waals surface area contributed by atoms with E-state index in [4.69, 9.17) is 9.47 Å². The van der Waals surface area contributed by atoms with E-state index in [0.717, 1.165) is 17.2 Å². The van der Waals surface area contributed by atoms with Crippen molar-refractivity contribution in [3.8, 4) is 0 Å². The van der Waals surface area contributed by atoms with Crippen LogP contribution in [0.2, 0.25) is 0 Å². The third-order valence-electron chi connectivity index (χ3n) is 1.95. The first kappa shape index (κ1) is 13.5. The van der Waals surface area contributed by atoms with E-state index in [9.17, 15) is 0 Å². The molecule has 16 heavy (non-hydrogen) atoms. The highest BCUT2D eigenvalue weighted by Gasteiger charge is 2.07. The number of thioether (sulfide) groups is 1. The lowest BCUT2D eigenvalue weighted by molar-refractivity contribution is -0.136. The van der Waals surface area contributed by atoms with Crippen LogP contribution in [0.3, 0.4) is 0 Å². The predicted octanol–water partition coefficient (Wildman–Crippen LogP) is 2.96. The Kier molecular flexibility index (Phi) is 7.21. The molecule has 0 saturated heterocycles. The normalized spacial score (nSPS) is 10.9. The molecule has 0 aliphatic carbocycles. The summed E-state index contributed by atoms with van der Waals surface area (Å²) >= 11 is 1.73. The molecule has 0 atom stereocenters. The summed E-state index contributed by atoms with van der Waals surface area (Å²) < 4.78 is 10.9. The lowest BCUT2D eigenvalue weighted by atomic mass is 10.5. The zero-order chi connectivity index (χ0) is 11.6. The number of ether oxygens (including phenoxy) is 2. The summed E-state index contributed by atoms with van der Waals surface area (Å²) in [5, 5.41) is 1.05. The summed E-state index contributed by atoms with van der Waals surface area (Å²) in [4.78, 5) is 4.25. The maximum atomic E-state index is 5.46. The Bertz CT molecular complexity index is 263. The van der Waals surface area contributed by atoms with Crippen molar-refractivity contribution in [1.29, 1.82) is 0 Å². The third kappa shape index (κ3) is 5.49. The van der Waals surface area contributed by atoms with E-state index in [0.29, 0.717) is 13.2 Å². The minimum absolute atomic E-state index is 0.0776. The predicted molar refractivity (Wildman–Crippen MR) is 66.6 cm³/mol. The minimum Gasteiger partial charge on any atom is -0.353 e. The molecular formula is C12H19NO2S. The molecule has 0 aromatic carbocycles. The maximum absolute atomic E-state index is 5.46. The van der Waals surface area contributed by atoms with Gasteiger partial charge in [-0.15, -0.1) is 11.8 Å². The average Bonchev–Trinajstić information content (AvgIpc) is 2.31. The standard InChI is InChI=1S/C12H19NO2S/c1-3-14-12(15-4-2)8-10-16-11-7-5-6-9-13-11/h5-7,9,12H,3-4,8,10H2,1-2H3. The molecule has 0 N–H and O–H groups in total. The smallest absolute Gasteiger partial charge is 0.158 e. The molecule has 0 bridgehead atoms. The Hall–Kier alpha value is -0.580. The lowest BCUT2D eigenvalue weighted by Crippen LogP contribution is -2.18. The molecule has 0 aliphatic heterocycles. The average molecular weight is 241 g/mol. The van der Waals surface area contributed by atoms with Gasteiger partial charge in [0.2, 0.25) is 0 Å². The Morgan fingerprint density at radius 3 is 2.56 bits per heavy atom. The largest absolute Gasteiger partial charge is 0.353 e. The molecule has 1 aromatic heterocycles. The molecule has 0 unspecified atom stereocenters. The van der Waals surface area contributed by atoms with Crippen molar-refractivity contribution in [2.75, 3.05) is 19.0 Å². The molecule has 1 rings (SSSR count). The van der Waals surface area contributed by atoms with Crippen molar-refractivity contribution in [2.24, 2.45) is 0 Å². The van der Waals surface area contributed by atoms with Gasteiger partial charge in [-0.3, -0.25) is 0 Å². The molecule has 1 aromatic rings. The summed E-state index contributed by atoms with van der Waals surface area (Å²) in [6, 6.07) is 5.94. The van der Waals surface area contributed by atoms with Gasteiger partial charge in [0, 0.05) is 31.6 Å². The van der Waals surface area contributed by atoms with E-state index < -0.39 is 0 Å². The van der Waals surface area contributed by atoms with E-state index in [2.05, 4.69) is 4.98 Å². The van der Waals surface area contributed by atoms with Gasteiger partial charge < -0.3 is 9.47 Å². The van der Waals surface area contributed by atoms with Crippen LogP contribution in [0.4, 0.5) is 0 Å². The molecule has 0 spiro atoms. The second-order valence-corrected chi connectivity index (χ2v) is 4.26. The van der Waals surface area contributed by atoms with Gasteiger partial charge in [-0.2, -0.15) is 0 Å². The van der Waals surface area contributed by atoms with Crippen molar-refractivity contribution in [3.05, 3.63) is 24.4 Å². The molecule has 0 amide bonds. The molecule has 1 heterocycles. The number of rotatable bonds is 8. The minimum atomic E-state index is -0.0776. The summed E-state index contributed by atoms with van der Waals surface area (Å²) in [5.41, 5.74) is 0.